The van der Waals surface area contributed by atoms with Gasteiger partial charge < -0.3 is 4.90 Å². The fourth-order valence-electron chi connectivity index (χ4n) is 3.31. The Hall–Kier alpha value is -2.35. The SMILES string of the molecule is C=CC[C@@H]1c2ccccc2C(=O)N(C)[C@H]1c1ccccc1. The summed E-state index contributed by atoms with van der Waals surface area (Å²) in [7, 11) is 1.89. The van der Waals surface area contributed by atoms with Crippen molar-refractivity contribution in [2.45, 2.75) is 18.4 Å². The number of likely N-dealkylation sites (N-methyl/N-ethyl adjacent to an activating group) is 1. The van der Waals surface area contributed by atoms with E-state index in [-0.39, 0.29) is 17.9 Å². The second-order valence-corrected chi connectivity index (χ2v) is 5.49. The van der Waals surface area contributed by atoms with Crippen LogP contribution in [0.3, 0.4) is 0 Å². The van der Waals surface area contributed by atoms with Crippen molar-refractivity contribution in [1.82, 2.24) is 4.90 Å². The molecule has 0 saturated heterocycles. The molecule has 3 rings (SSSR count). The smallest absolute Gasteiger partial charge is 0.254 e. The van der Waals surface area contributed by atoms with E-state index in [9.17, 15) is 4.79 Å². The van der Waals surface area contributed by atoms with Crippen molar-refractivity contribution in [3.05, 3.63) is 83.9 Å². The molecule has 106 valence electrons. The molecule has 0 bridgehead atoms. The van der Waals surface area contributed by atoms with E-state index in [1.165, 1.54) is 5.56 Å². The number of amides is 1. The quantitative estimate of drug-likeness (QED) is 0.771. The van der Waals surface area contributed by atoms with Crippen LogP contribution in [0, 0.1) is 0 Å². The molecule has 21 heavy (non-hydrogen) atoms. The average Bonchev–Trinajstić information content (AvgIpc) is 2.53. The van der Waals surface area contributed by atoms with E-state index in [0.717, 1.165) is 17.5 Å². The molecule has 1 heterocycles. The fraction of sp³-hybridized carbons (Fsp3) is 0.211. The highest BCUT2D eigenvalue weighted by Gasteiger charge is 2.37. The van der Waals surface area contributed by atoms with Crippen molar-refractivity contribution in [3.63, 3.8) is 0 Å². The van der Waals surface area contributed by atoms with Gasteiger partial charge in [0.2, 0.25) is 0 Å². The van der Waals surface area contributed by atoms with Crippen LogP contribution in [0.4, 0.5) is 0 Å². The third-order valence-electron chi connectivity index (χ3n) is 4.27. The molecule has 1 amide bonds. The first kappa shape index (κ1) is 13.6. The molecular formula is C19H19NO. The number of rotatable bonds is 3. The van der Waals surface area contributed by atoms with Gasteiger partial charge in [0.25, 0.3) is 5.91 Å². The number of benzene rings is 2. The highest BCUT2D eigenvalue weighted by molar-refractivity contribution is 5.97. The minimum absolute atomic E-state index is 0.0617. The Morgan fingerprint density at radius 1 is 1.10 bits per heavy atom. The Kier molecular flexibility index (Phi) is 3.61. The molecule has 2 atom stereocenters. The predicted octanol–water partition coefficient (Wildman–Crippen LogP) is 4.17. The van der Waals surface area contributed by atoms with Crippen LogP contribution in [0.15, 0.2) is 67.3 Å². The van der Waals surface area contributed by atoms with Gasteiger partial charge in [-0.3, -0.25) is 4.79 Å². The topological polar surface area (TPSA) is 20.3 Å². The van der Waals surface area contributed by atoms with Crippen LogP contribution in [0.25, 0.3) is 0 Å². The van der Waals surface area contributed by atoms with Crippen molar-refractivity contribution in [3.8, 4) is 0 Å². The maximum absolute atomic E-state index is 12.7. The second kappa shape index (κ2) is 5.57. The number of carbonyl (C=O) groups excluding carboxylic acids is 1. The number of carbonyl (C=O) groups is 1. The lowest BCUT2D eigenvalue weighted by Gasteiger charge is -2.40. The molecule has 0 spiro atoms. The molecule has 0 aromatic heterocycles. The summed E-state index contributed by atoms with van der Waals surface area (Å²) in [4.78, 5) is 14.5. The number of allylic oxidation sites excluding steroid dienone is 1. The van der Waals surface area contributed by atoms with E-state index < -0.39 is 0 Å². The Morgan fingerprint density at radius 3 is 2.48 bits per heavy atom. The average molecular weight is 277 g/mol. The van der Waals surface area contributed by atoms with Crippen LogP contribution in [-0.4, -0.2) is 17.9 Å². The number of hydrogen-bond donors (Lipinski definition) is 0. The maximum atomic E-state index is 12.7. The van der Waals surface area contributed by atoms with E-state index in [1.807, 2.05) is 54.4 Å². The number of hydrogen-bond acceptors (Lipinski definition) is 1. The summed E-state index contributed by atoms with van der Waals surface area (Å²) in [5, 5.41) is 0. The van der Waals surface area contributed by atoms with Crippen LogP contribution in [0.2, 0.25) is 0 Å². The minimum atomic E-state index is 0.0617. The van der Waals surface area contributed by atoms with Gasteiger partial charge in [0, 0.05) is 18.5 Å². The third-order valence-corrected chi connectivity index (χ3v) is 4.27. The molecule has 2 aromatic rings. The van der Waals surface area contributed by atoms with E-state index in [1.54, 1.807) is 0 Å². The van der Waals surface area contributed by atoms with Gasteiger partial charge in [0.1, 0.15) is 0 Å². The van der Waals surface area contributed by atoms with E-state index >= 15 is 0 Å². The molecular weight excluding hydrogens is 258 g/mol. The van der Waals surface area contributed by atoms with Crippen LogP contribution in [0.5, 0.6) is 0 Å². The highest BCUT2D eigenvalue weighted by atomic mass is 16.2. The second-order valence-electron chi connectivity index (χ2n) is 5.49. The van der Waals surface area contributed by atoms with Gasteiger partial charge in [-0.05, 0) is 23.6 Å². The summed E-state index contributed by atoms with van der Waals surface area (Å²) < 4.78 is 0. The van der Waals surface area contributed by atoms with Gasteiger partial charge in [0.15, 0.2) is 0 Å². The van der Waals surface area contributed by atoms with Crippen molar-refractivity contribution >= 4 is 5.91 Å². The Labute approximate surface area is 125 Å². The highest BCUT2D eigenvalue weighted by Crippen LogP contribution is 2.43. The lowest BCUT2D eigenvalue weighted by atomic mass is 9.78. The molecule has 0 fully saturated rings. The van der Waals surface area contributed by atoms with Gasteiger partial charge in [-0.1, -0.05) is 54.6 Å². The maximum Gasteiger partial charge on any atom is 0.254 e. The molecule has 0 saturated carbocycles. The summed E-state index contributed by atoms with van der Waals surface area (Å²) in [6.07, 6.45) is 2.80. The Morgan fingerprint density at radius 2 is 1.76 bits per heavy atom. The molecule has 1 aliphatic heterocycles. The largest absolute Gasteiger partial charge is 0.334 e. The van der Waals surface area contributed by atoms with Gasteiger partial charge >= 0.3 is 0 Å². The Balaban J connectivity index is 2.15. The minimum Gasteiger partial charge on any atom is -0.334 e. The van der Waals surface area contributed by atoms with Gasteiger partial charge in [-0.15, -0.1) is 6.58 Å². The van der Waals surface area contributed by atoms with E-state index in [2.05, 4.69) is 24.8 Å². The zero-order valence-electron chi connectivity index (χ0n) is 12.2. The fourth-order valence-corrected chi connectivity index (χ4v) is 3.31. The van der Waals surface area contributed by atoms with Gasteiger partial charge in [-0.25, -0.2) is 0 Å². The van der Waals surface area contributed by atoms with Crippen LogP contribution in [-0.2, 0) is 0 Å². The van der Waals surface area contributed by atoms with Crippen molar-refractivity contribution in [1.29, 1.82) is 0 Å². The van der Waals surface area contributed by atoms with Crippen LogP contribution in [0.1, 0.15) is 39.9 Å². The van der Waals surface area contributed by atoms with Gasteiger partial charge in [-0.2, -0.15) is 0 Å². The van der Waals surface area contributed by atoms with Crippen molar-refractivity contribution in [2.75, 3.05) is 7.05 Å². The predicted molar refractivity (Wildman–Crippen MR) is 85.3 cm³/mol. The molecule has 2 nitrogen and oxygen atoms in total. The van der Waals surface area contributed by atoms with Crippen molar-refractivity contribution < 1.29 is 4.79 Å². The summed E-state index contributed by atoms with van der Waals surface area (Å²) >= 11 is 0. The molecule has 0 N–H and O–H groups in total. The van der Waals surface area contributed by atoms with E-state index in [0.29, 0.717) is 0 Å². The summed E-state index contributed by atoms with van der Waals surface area (Å²) in [5.74, 6) is 0.351. The molecule has 2 heteroatoms. The standard InChI is InChI=1S/C19H19NO/c1-3-9-16-15-12-7-8-13-17(15)19(21)20(2)18(16)14-10-5-4-6-11-14/h3-8,10-13,16,18H,1,9H2,2H3/t16-,18+/m1/s1. The number of fused-ring (bicyclic) bond motifs is 1. The number of nitrogens with zero attached hydrogens (tertiary/aromatic N) is 1. The third kappa shape index (κ3) is 2.27. The first-order valence-electron chi connectivity index (χ1n) is 7.26. The summed E-state index contributed by atoms with van der Waals surface area (Å²) in [5.41, 5.74) is 3.13. The Bertz CT molecular complexity index is 662. The lowest BCUT2D eigenvalue weighted by Crippen LogP contribution is -2.39. The first-order valence-corrected chi connectivity index (χ1v) is 7.26. The van der Waals surface area contributed by atoms with Crippen LogP contribution < -0.4 is 0 Å². The summed E-state index contributed by atoms with van der Waals surface area (Å²) in [6, 6.07) is 18.2. The van der Waals surface area contributed by atoms with Gasteiger partial charge in [0.05, 0.1) is 6.04 Å². The van der Waals surface area contributed by atoms with Crippen LogP contribution >= 0.6 is 0 Å². The molecule has 1 aliphatic rings. The monoisotopic (exact) mass is 277 g/mol. The normalized spacial score (nSPS) is 21.0. The molecule has 2 aromatic carbocycles. The zero-order chi connectivity index (χ0) is 14.8. The first-order chi connectivity index (χ1) is 10.2. The zero-order valence-corrected chi connectivity index (χ0v) is 12.2. The van der Waals surface area contributed by atoms with Crippen molar-refractivity contribution in [2.24, 2.45) is 0 Å². The molecule has 0 aliphatic carbocycles. The van der Waals surface area contributed by atoms with E-state index in [4.69, 9.17) is 0 Å². The lowest BCUT2D eigenvalue weighted by molar-refractivity contribution is 0.0672. The molecule has 0 unspecified atom stereocenters. The molecule has 0 radical (unpaired) electrons. The summed E-state index contributed by atoms with van der Waals surface area (Å²) in [6.45, 7) is 3.90.